The highest BCUT2D eigenvalue weighted by molar-refractivity contribution is 5.95. The van der Waals surface area contributed by atoms with E-state index in [2.05, 4.69) is 4.98 Å². The number of fused-ring (bicyclic) bond motifs is 1. The number of hydrogen-bond donors (Lipinski definition) is 0. The predicted octanol–water partition coefficient (Wildman–Crippen LogP) is 2.57. The smallest absolute Gasteiger partial charge is 0.257 e. The van der Waals surface area contributed by atoms with E-state index in [4.69, 9.17) is 13.9 Å². The number of carbonyl (C=O) groups excluding carboxylic acids is 1. The Hall–Kier alpha value is -2.41. The van der Waals surface area contributed by atoms with Crippen LogP contribution in [0.15, 0.2) is 35.1 Å². The van der Waals surface area contributed by atoms with E-state index in [-0.39, 0.29) is 30.0 Å². The van der Waals surface area contributed by atoms with E-state index in [1.165, 1.54) is 24.6 Å². The third kappa shape index (κ3) is 2.89. The first kappa shape index (κ1) is 16.1. The molecule has 2 aromatic heterocycles. The fraction of sp³-hybridized carbons (Fsp3) is 0.444. The molecule has 0 radical (unpaired) electrons. The molecular formula is C18H19FN2O4. The van der Waals surface area contributed by atoms with Gasteiger partial charge in [0, 0.05) is 12.7 Å². The van der Waals surface area contributed by atoms with E-state index in [0.717, 1.165) is 6.42 Å². The fourth-order valence-electron chi connectivity index (χ4n) is 3.66. The number of ether oxygens (including phenoxy) is 2. The Bertz CT molecular complexity index is 778. The van der Waals surface area contributed by atoms with Gasteiger partial charge in [-0.15, -0.1) is 0 Å². The molecule has 0 unspecified atom stereocenters. The summed E-state index contributed by atoms with van der Waals surface area (Å²) in [6, 6.07) is 4.43. The van der Waals surface area contributed by atoms with Crippen molar-refractivity contribution >= 4 is 5.91 Å². The summed E-state index contributed by atoms with van der Waals surface area (Å²) >= 11 is 0. The summed E-state index contributed by atoms with van der Waals surface area (Å²) in [5.41, 5.74) is 0.570. The number of halogens is 1. The highest BCUT2D eigenvalue weighted by Crippen LogP contribution is 2.34. The lowest BCUT2D eigenvalue weighted by Crippen LogP contribution is -2.54. The quantitative estimate of drug-likeness (QED) is 0.855. The Morgan fingerprint density at radius 3 is 3.04 bits per heavy atom. The standard InChI is InChI=1S/C18H19FN2O4/c1-11-12(6-9-23-11)18(22)21-8-10-24-16-14(21)4-5-15(16)25-17-13(19)3-2-7-20-17/h2-3,6-7,9,14-16H,4-5,8,10H2,1H3/t14-,15+,16+/m1/s1. The van der Waals surface area contributed by atoms with Gasteiger partial charge in [-0.2, -0.15) is 0 Å². The molecule has 2 fully saturated rings. The Labute approximate surface area is 144 Å². The van der Waals surface area contributed by atoms with Gasteiger partial charge in [-0.25, -0.2) is 9.37 Å². The number of rotatable bonds is 3. The Balaban J connectivity index is 1.52. The second-order valence-electron chi connectivity index (χ2n) is 6.32. The fourth-order valence-corrected chi connectivity index (χ4v) is 3.66. The van der Waals surface area contributed by atoms with Crippen molar-refractivity contribution in [1.29, 1.82) is 0 Å². The molecule has 3 heterocycles. The lowest BCUT2D eigenvalue weighted by Gasteiger charge is -2.38. The van der Waals surface area contributed by atoms with Crippen molar-refractivity contribution < 1.29 is 23.1 Å². The van der Waals surface area contributed by atoms with Crippen LogP contribution >= 0.6 is 0 Å². The highest BCUT2D eigenvalue weighted by atomic mass is 19.1. The number of amides is 1. The molecule has 6 nitrogen and oxygen atoms in total. The van der Waals surface area contributed by atoms with E-state index >= 15 is 0 Å². The molecule has 1 saturated carbocycles. The van der Waals surface area contributed by atoms with Crippen molar-refractivity contribution in [3.8, 4) is 5.88 Å². The second-order valence-corrected chi connectivity index (χ2v) is 6.32. The number of pyridine rings is 1. The van der Waals surface area contributed by atoms with Crippen LogP contribution in [-0.2, 0) is 4.74 Å². The van der Waals surface area contributed by atoms with E-state index in [1.54, 1.807) is 13.0 Å². The minimum absolute atomic E-state index is 0.0223. The second kappa shape index (κ2) is 6.48. The van der Waals surface area contributed by atoms with Gasteiger partial charge >= 0.3 is 0 Å². The van der Waals surface area contributed by atoms with Crippen molar-refractivity contribution in [3.05, 3.63) is 47.8 Å². The third-order valence-electron chi connectivity index (χ3n) is 4.87. The summed E-state index contributed by atoms with van der Waals surface area (Å²) in [6.45, 7) is 2.72. The van der Waals surface area contributed by atoms with Gasteiger partial charge in [-0.1, -0.05) is 0 Å². The molecule has 132 valence electrons. The normalized spacial score (nSPS) is 25.7. The third-order valence-corrected chi connectivity index (χ3v) is 4.87. The molecule has 4 rings (SSSR count). The maximum absolute atomic E-state index is 13.8. The van der Waals surface area contributed by atoms with Gasteiger partial charge in [-0.3, -0.25) is 4.79 Å². The Kier molecular flexibility index (Phi) is 4.17. The molecule has 2 aromatic rings. The molecule has 0 bridgehead atoms. The molecule has 3 atom stereocenters. The number of furan rings is 1. The molecule has 1 saturated heterocycles. The SMILES string of the molecule is Cc1occc1C(=O)N1CCO[C@@H]2[C@@H](Oc3ncccc3F)CC[C@H]21. The molecule has 0 N–H and O–H groups in total. The first-order valence-electron chi connectivity index (χ1n) is 8.39. The molecule has 0 aromatic carbocycles. The number of aromatic nitrogens is 1. The van der Waals surface area contributed by atoms with Gasteiger partial charge in [0.15, 0.2) is 5.82 Å². The van der Waals surface area contributed by atoms with E-state index in [1.807, 2.05) is 4.90 Å². The first-order chi connectivity index (χ1) is 12.1. The van der Waals surface area contributed by atoms with Gasteiger partial charge in [0.1, 0.15) is 18.0 Å². The molecule has 0 spiro atoms. The maximum atomic E-state index is 13.8. The molecule has 2 aliphatic rings. The summed E-state index contributed by atoms with van der Waals surface area (Å²) in [4.78, 5) is 18.6. The van der Waals surface area contributed by atoms with Crippen LogP contribution in [0.25, 0.3) is 0 Å². The van der Waals surface area contributed by atoms with Crippen LogP contribution in [0.1, 0.15) is 29.0 Å². The number of aryl methyl sites for hydroxylation is 1. The van der Waals surface area contributed by atoms with Crippen molar-refractivity contribution in [3.63, 3.8) is 0 Å². The molecular weight excluding hydrogens is 327 g/mol. The van der Waals surface area contributed by atoms with Crippen LogP contribution in [0.3, 0.4) is 0 Å². The Morgan fingerprint density at radius 2 is 2.28 bits per heavy atom. The molecule has 7 heteroatoms. The zero-order chi connectivity index (χ0) is 17.4. The minimum Gasteiger partial charge on any atom is -0.469 e. The zero-order valence-corrected chi connectivity index (χ0v) is 13.9. The average molecular weight is 346 g/mol. The lowest BCUT2D eigenvalue weighted by molar-refractivity contribution is -0.0799. The summed E-state index contributed by atoms with van der Waals surface area (Å²) in [6.07, 6.45) is 3.82. The van der Waals surface area contributed by atoms with Gasteiger partial charge in [-0.05, 0) is 38.0 Å². The van der Waals surface area contributed by atoms with Crippen molar-refractivity contribution in [2.75, 3.05) is 13.2 Å². The highest BCUT2D eigenvalue weighted by Gasteiger charge is 2.46. The lowest BCUT2D eigenvalue weighted by atomic mass is 10.1. The Morgan fingerprint density at radius 1 is 1.40 bits per heavy atom. The van der Waals surface area contributed by atoms with Gasteiger partial charge in [0.05, 0.1) is 24.5 Å². The van der Waals surface area contributed by atoms with E-state index < -0.39 is 5.82 Å². The largest absolute Gasteiger partial charge is 0.469 e. The maximum Gasteiger partial charge on any atom is 0.257 e. The van der Waals surface area contributed by atoms with Crippen molar-refractivity contribution in [2.45, 2.75) is 38.0 Å². The summed E-state index contributed by atoms with van der Waals surface area (Å²) < 4.78 is 30.7. The summed E-state index contributed by atoms with van der Waals surface area (Å²) in [7, 11) is 0. The van der Waals surface area contributed by atoms with Crippen LogP contribution in [0.2, 0.25) is 0 Å². The number of hydrogen-bond acceptors (Lipinski definition) is 5. The van der Waals surface area contributed by atoms with Crippen molar-refractivity contribution in [2.24, 2.45) is 0 Å². The van der Waals surface area contributed by atoms with Gasteiger partial charge in [0.2, 0.25) is 0 Å². The number of morpholine rings is 1. The molecule has 1 amide bonds. The monoisotopic (exact) mass is 346 g/mol. The predicted molar refractivity (Wildman–Crippen MR) is 85.9 cm³/mol. The van der Waals surface area contributed by atoms with Gasteiger partial charge in [0.25, 0.3) is 11.8 Å². The van der Waals surface area contributed by atoms with Crippen LogP contribution in [0, 0.1) is 12.7 Å². The minimum atomic E-state index is -0.497. The molecule has 25 heavy (non-hydrogen) atoms. The first-order valence-corrected chi connectivity index (χ1v) is 8.39. The van der Waals surface area contributed by atoms with Crippen molar-refractivity contribution in [1.82, 2.24) is 9.88 Å². The number of nitrogens with zero attached hydrogens (tertiary/aromatic N) is 2. The number of carbonyl (C=O) groups is 1. The van der Waals surface area contributed by atoms with Gasteiger partial charge < -0.3 is 18.8 Å². The van der Waals surface area contributed by atoms with E-state index in [9.17, 15) is 9.18 Å². The average Bonchev–Trinajstić information content (AvgIpc) is 3.23. The van der Waals surface area contributed by atoms with E-state index in [0.29, 0.717) is 30.9 Å². The van der Waals surface area contributed by atoms with Crippen LogP contribution < -0.4 is 4.74 Å². The molecule has 1 aliphatic heterocycles. The topological polar surface area (TPSA) is 64.8 Å². The summed E-state index contributed by atoms with van der Waals surface area (Å²) in [5.74, 6) is 0.0261. The molecule has 1 aliphatic carbocycles. The summed E-state index contributed by atoms with van der Waals surface area (Å²) in [5, 5.41) is 0. The van der Waals surface area contributed by atoms with Crippen LogP contribution in [0.5, 0.6) is 5.88 Å². The zero-order valence-electron chi connectivity index (χ0n) is 13.9. The van der Waals surface area contributed by atoms with Crippen LogP contribution in [0.4, 0.5) is 4.39 Å². The van der Waals surface area contributed by atoms with Crippen LogP contribution in [-0.4, -0.2) is 47.2 Å².